The maximum atomic E-state index is 12.1. The van der Waals surface area contributed by atoms with E-state index in [1.165, 1.54) is 12.5 Å². The highest BCUT2D eigenvalue weighted by molar-refractivity contribution is 5.97. The van der Waals surface area contributed by atoms with Gasteiger partial charge < -0.3 is 15.8 Å². The van der Waals surface area contributed by atoms with Gasteiger partial charge in [-0.15, -0.1) is 0 Å². The highest BCUT2D eigenvalue weighted by Gasteiger charge is 2.15. The van der Waals surface area contributed by atoms with Crippen LogP contribution in [0.5, 0.6) is 0 Å². The fraction of sp³-hybridized carbons (Fsp3) is 0.105. The molecule has 1 aromatic carbocycles. The minimum Gasteiger partial charge on any atom is -0.462 e. The smallest absolute Gasteiger partial charge is 0.340 e. The monoisotopic (exact) mass is 393 g/mol. The number of ether oxygens (including phenoxy) is 1. The Morgan fingerprint density at radius 2 is 1.79 bits per heavy atom. The summed E-state index contributed by atoms with van der Waals surface area (Å²) in [6.45, 7) is 1.99. The van der Waals surface area contributed by atoms with Crippen molar-refractivity contribution in [1.82, 2.24) is 20.4 Å². The number of nitrogen functional groups attached to an aromatic ring is 1. The Morgan fingerprint density at radius 3 is 2.55 bits per heavy atom. The Hall–Kier alpha value is -4.21. The Bertz CT molecular complexity index is 1010. The number of hydrogen-bond donors (Lipinski definition) is 4. The zero-order chi connectivity index (χ0) is 20.6. The number of hydrogen-bond acceptors (Lipinski definition) is 9. The molecule has 0 aliphatic heterocycles. The molecule has 0 aliphatic carbocycles. The molecule has 10 nitrogen and oxygen atoms in total. The predicted molar refractivity (Wildman–Crippen MR) is 107 cm³/mol. The van der Waals surface area contributed by atoms with Crippen LogP contribution in [0.25, 0.3) is 0 Å². The van der Waals surface area contributed by atoms with Crippen LogP contribution >= 0.6 is 0 Å². The number of rotatable bonds is 7. The van der Waals surface area contributed by atoms with Crippen LogP contribution in [0, 0.1) is 0 Å². The van der Waals surface area contributed by atoms with Gasteiger partial charge in [0.15, 0.2) is 11.6 Å². The number of amides is 1. The highest BCUT2D eigenvalue weighted by atomic mass is 16.5. The number of nitrogens with one attached hydrogen (secondary N) is 3. The molecule has 0 saturated carbocycles. The molecule has 0 atom stereocenters. The average Bonchev–Trinajstić information content (AvgIpc) is 2.75. The molecule has 0 radical (unpaired) electrons. The molecule has 5 N–H and O–H groups in total. The predicted octanol–water partition coefficient (Wildman–Crippen LogP) is 2.13. The van der Waals surface area contributed by atoms with Crippen molar-refractivity contribution in [3.63, 3.8) is 0 Å². The van der Waals surface area contributed by atoms with E-state index in [9.17, 15) is 9.59 Å². The second kappa shape index (κ2) is 9.13. The maximum absolute atomic E-state index is 12.1. The molecular formula is C19H19N7O3. The molecule has 0 unspecified atom stereocenters. The third kappa shape index (κ3) is 4.75. The Balaban J connectivity index is 1.76. The van der Waals surface area contributed by atoms with Crippen LogP contribution in [-0.4, -0.2) is 33.4 Å². The lowest BCUT2D eigenvalue weighted by Gasteiger charge is -2.14. The second-order valence-corrected chi connectivity index (χ2v) is 5.67. The largest absolute Gasteiger partial charge is 0.462 e. The van der Waals surface area contributed by atoms with E-state index in [0.29, 0.717) is 11.3 Å². The van der Waals surface area contributed by atoms with Gasteiger partial charge in [0.05, 0.1) is 17.9 Å². The molecule has 2 heterocycles. The molecule has 10 heteroatoms. The topological polar surface area (TPSA) is 144 Å². The molecule has 0 spiro atoms. The van der Waals surface area contributed by atoms with Gasteiger partial charge in [0.2, 0.25) is 0 Å². The summed E-state index contributed by atoms with van der Waals surface area (Å²) in [6, 6.07) is 11.8. The molecular weight excluding hydrogens is 374 g/mol. The Labute approximate surface area is 166 Å². The first-order valence-electron chi connectivity index (χ1n) is 8.71. The van der Waals surface area contributed by atoms with Crippen molar-refractivity contribution in [2.75, 3.05) is 23.1 Å². The summed E-state index contributed by atoms with van der Waals surface area (Å²) in [5.41, 5.74) is 12.4. The van der Waals surface area contributed by atoms with E-state index in [-0.39, 0.29) is 29.6 Å². The fourth-order valence-electron chi connectivity index (χ4n) is 2.38. The van der Waals surface area contributed by atoms with Crippen molar-refractivity contribution in [1.29, 1.82) is 0 Å². The van der Waals surface area contributed by atoms with Gasteiger partial charge in [0.25, 0.3) is 5.91 Å². The second-order valence-electron chi connectivity index (χ2n) is 5.67. The van der Waals surface area contributed by atoms with Gasteiger partial charge in [-0.05, 0) is 31.2 Å². The van der Waals surface area contributed by atoms with Gasteiger partial charge in [-0.1, -0.05) is 18.2 Å². The molecule has 3 rings (SSSR count). The SMILES string of the molecule is CCOC(=O)c1ccccc1Nc1ncnc(NNC(=O)c2ccccn2)c1N. The quantitative estimate of drug-likeness (QED) is 0.350. The van der Waals surface area contributed by atoms with Crippen molar-refractivity contribution < 1.29 is 14.3 Å². The zero-order valence-electron chi connectivity index (χ0n) is 15.5. The lowest BCUT2D eigenvalue weighted by molar-refractivity contribution is 0.0527. The summed E-state index contributed by atoms with van der Waals surface area (Å²) in [5, 5.41) is 3.00. The van der Waals surface area contributed by atoms with Gasteiger partial charge in [0.1, 0.15) is 17.7 Å². The third-order valence-corrected chi connectivity index (χ3v) is 3.75. The van der Waals surface area contributed by atoms with E-state index < -0.39 is 11.9 Å². The van der Waals surface area contributed by atoms with E-state index in [0.717, 1.165) is 0 Å². The zero-order valence-corrected chi connectivity index (χ0v) is 15.5. The van der Waals surface area contributed by atoms with E-state index in [1.54, 1.807) is 49.4 Å². The molecule has 3 aromatic rings. The number of anilines is 4. The normalized spacial score (nSPS) is 10.1. The number of aromatic nitrogens is 3. The number of carbonyl (C=O) groups is 2. The first-order chi connectivity index (χ1) is 14.1. The summed E-state index contributed by atoms with van der Waals surface area (Å²) in [7, 11) is 0. The number of nitrogens with two attached hydrogens (primary N) is 1. The number of esters is 1. The fourth-order valence-corrected chi connectivity index (χ4v) is 2.38. The molecule has 0 aliphatic rings. The van der Waals surface area contributed by atoms with Crippen molar-refractivity contribution in [2.45, 2.75) is 6.92 Å². The maximum Gasteiger partial charge on any atom is 0.340 e. The van der Waals surface area contributed by atoms with Gasteiger partial charge >= 0.3 is 5.97 Å². The van der Waals surface area contributed by atoms with Crippen LogP contribution in [-0.2, 0) is 4.74 Å². The Morgan fingerprint density at radius 1 is 1.03 bits per heavy atom. The summed E-state index contributed by atoms with van der Waals surface area (Å²) in [5.74, 6) is -0.485. The van der Waals surface area contributed by atoms with Gasteiger partial charge in [-0.2, -0.15) is 0 Å². The first kappa shape index (κ1) is 19.5. The molecule has 0 saturated heterocycles. The summed E-state index contributed by atoms with van der Waals surface area (Å²) < 4.78 is 5.06. The van der Waals surface area contributed by atoms with Crippen molar-refractivity contribution in [3.8, 4) is 0 Å². The van der Waals surface area contributed by atoms with Crippen LogP contribution < -0.4 is 21.9 Å². The minimum atomic E-state index is -0.468. The number of pyridine rings is 1. The van der Waals surface area contributed by atoms with E-state index in [4.69, 9.17) is 10.5 Å². The molecule has 0 bridgehead atoms. The number of carbonyl (C=O) groups excluding carboxylic acids is 2. The first-order valence-corrected chi connectivity index (χ1v) is 8.71. The van der Waals surface area contributed by atoms with E-state index >= 15 is 0 Å². The Kier molecular flexibility index (Phi) is 6.15. The summed E-state index contributed by atoms with van der Waals surface area (Å²) in [6.07, 6.45) is 2.78. The van der Waals surface area contributed by atoms with E-state index in [1.807, 2.05) is 0 Å². The van der Waals surface area contributed by atoms with Gasteiger partial charge in [-0.3, -0.25) is 20.6 Å². The number of nitrogens with zero attached hydrogens (tertiary/aromatic N) is 3. The number of benzene rings is 1. The van der Waals surface area contributed by atoms with Crippen LogP contribution in [0.4, 0.5) is 23.0 Å². The van der Waals surface area contributed by atoms with Crippen molar-refractivity contribution >= 4 is 34.9 Å². The standard InChI is InChI=1S/C19H19N7O3/c1-2-29-19(28)12-7-3-4-8-13(12)24-16-15(20)17(23-11-22-16)25-26-18(27)14-9-5-6-10-21-14/h3-11H,2,20H2,1H3,(H,26,27)(H2,22,23,24,25). The minimum absolute atomic E-state index is 0.146. The lowest BCUT2D eigenvalue weighted by atomic mass is 10.2. The number of hydrazine groups is 1. The average molecular weight is 393 g/mol. The van der Waals surface area contributed by atoms with Crippen LogP contribution in [0.2, 0.25) is 0 Å². The van der Waals surface area contributed by atoms with Gasteiger partial charge in [0, 0.05) is 6.20 Å². The molecule has 2 aromatic heterocycles. The van der Waals surface area contributed by atoms with Crippen molar-refractivity contribution in [2.24, 2.45) is 0 Å². The molecule has 1 amide bonds. The van der Waals surface area contributed by atoms with Crippen LogP contribution in [0.15, 0.2) is 55.0 Å². The lowest BCUT2D eigenvalue weighted by Crippen LogP contribution is -2.31. The van der Waals surface area contributed by atoms with Crippen LogP contribution in [0.1, 0.15) is 27.8 Å². The highest BCUT2D eigenvalue weighted by Crippen LogP contribution is 2.27. The molecule has 148 valence electrons. The van der Waals surface area contributed by atoms with E-state index in [2.05, 4.69) is 31.1 Å². The van der Waals surface area contributed by atoms with Crippen LogP contribution in [0.3, 0.4) is 0 Å². The molecule has 29 heavy (non-hydrogen) atoms. The van der Waals surface area contributed by atoms with Crippen molar-refractivity contribution in [3.05, 3.63) is 66.2 Å². The van der Waals surface area contributed by atoms with Gasteiger partial charge in [-0.25, -0.2) is 14.8 Å². The number of para-hydroxylation sites is 1. The molecule has 0 fully saturated rings. The summed E-state index contributed by atoms with van der Waals surface area (Å²) in [4.78, 5) is 36.3. The third-order valence-electron chi connectivity index (χ3n) is 3.75. The summed E-state index contributed by atoms with van der Waals surface area (Å²) >= 11 is 0.